The van der Waals surface area contributed by atoms with Crippen molar-refractivity contribution in [3.63, 3.8) is 0 Å². The molecule has 3 heterocycles. The topological polar surface area (TPSA) is 67.9 Å². The van der Waals surface area contributed by atoms with Gasteiger partial charge in [0.2, 0.25) is 5.89 Å². The Balaban J connectivity index is 1.94. The second-order valence-electron chi connectivity index (χ2n) is 4.36. The second-order valence-corrected chi connectivity index (χ2v) is 5.59. The molecule has 0 saturated carbocycles. The number of rotatable bonds is 3. The molecule has 0 spiro atoms. The fourth-order valence-electron chi connectivity index (χ4n) is 1.96. The molecule has 0 bridgehead atoms. The first kappa shape index (κ1) is 12.0. The molecule has 3 aromatic heterocycles. The van der Waals surface area contributed by atoms with Crippen LogP contribution >= 0.6 is 11.3 Å². The van der Waals surface area contributed by atoms with Crippen LogP contribution in [-0.4, -0.2) is 27.2 Å². The fraction of sp³-hybridized carbons (Fsp3) is 0.333. The van der Waals surface area contributed by atoms with Crippen LogP contribution < -0.4 is 4.90 Å². The van der Waals surface area contributed by atoms with Crippen molar-refractivity contribution in [2.45, 2.75) is 20.4 Å². The summed E-state index contributed by atoms with van der Waals surface area (Å²) in [6.07, 6.45) is 1.59. The maximum atomic E-state index is 4.97. The average molecular weight is 275 g/mol. The standard InChI is InChI=1S/C12H13N5OS/c1-7-4-9-11(13-6-14-12(9)19-7)17(3)5-10-15-8(2)18-16-10/h4,6H,5H2,1-3H3. The number of aromatic nitrogens is 4. The van der Waals surface area contributed by atoms with Gasteiger partial charge in [-0.25, -0.2) is 9.97 Å². The summed E-state index contributed by atoms with van der Waals surface area (Å²) in [6.45, 7) is 4.40. The average Bonchev–Trinajstić information content (AvgIpc) is 2.93. The monoisotopic (exact) mass is 275 g/mol. The van der Waals surface area contributed by atoms with Crippen molar-refractivity contribution in [1.29, 1.82) is 0 Å². The minimum atomic E-state index is 0.554. The molecule has 0 atom stereocenters. The molecule has 0 aromatic carbocycles. The summed E-state index contributed by atoms with van der Waals surface area (Å²) in [5.74, 6) is 2.11. The van der Waals surface area contributed by atoms with Gasteiger partial charge in [0.25, 0.3) is 0 Å². The Labute approximate surface area is 114 Å². The summed E-state index contributed by atoms with van der Waals surface area (Å²) >= 11 is 1.67. The van der Waals surface area contributed by atoms with Crippen molar-refractivity contribution in [3.8, 4) is 0 Å². The van der Waals surface area contributed by atoms with Gasteiger partial charge in [-0.3, -0.25) is 0 Å². The summed E-state index contributed by atoms with van der Waals surface area (Å²) in [7, 11) is 1.96. The Morgan fingerprint density at radius 1 is 1.32 bits per heavy atom. The van der Waals surface area contributed by atoms with Gasteiger partial charge in [-0.2, -0.15) is 4.98 Å². The summed E-state index contributed by atoms with van der Waals surface area (Å²) in [6, 6.07) is 2.10. The maximum absolute atomic E-state index is 4.97. The van der Waals surface area contributed by atoms with Crippen LogP contribution in [0.1, 0.15) is 16.6 Å². The SMILES string of the molecule is Cc1nc(CN(C)c2ncnc3sc(C)cc23)no1. The first-order valence-corrected chi connectivity index (χ1v) is 6.66. The van der Waals surface area contributed by atoms with Crippen LogP contribution in [0.2, 0.25) is 0 Å². The maximum Gasteiger partial charge on any atom is 0.223 e. The Morgan fingerprint density at radius 3 is 2.89 bits per heavy atom. The zero-order valence-electron chi connectivity index (χ0n) is 10.9. The zero-order valence-corrected chi connectivity index (χ0v) is 11.7. The van der Waals surface area contributed by atoms with E-state index in [1.165, 1.54) is 4.88 Å². The predicted molar refractivity (Wildman–Crippen MR) is 73.3 cm³/mol. The summed E-state index contributed by atoms with van der Waals surface area (Å²) < 4.78 is 4.97. The predicted octanol–water partition coefficient (Wildman–Crippen LogP) is 2.33. The fourth-order valence-corrected chi connectivity index (χ4v) is 2.80. The molecular weight excluding hydrogens is 262 g/mol. The molecule has 0 amide bonds. The first-order chi connectivity index (χ1) is 9.13. The molecule has 0 aliphatic carbocycles. The van der Waals surface area contributed by atoms with Gasteiger partial charge in [0.15, 0.2) is 5.82 Å². The molecule has 0 aliphatic rings. The number of anilines is 1. The number of nitrogens with zero attached hydrogens (tertiary/aromatic N) is 5. The molecule has 0 unspecified atom stereocenters. The Kier molecular flexibility index (Phi) is 2.90. The number of thiophene rings is 1. The van der Waals surface area contributed by atoms with E-state index in [2.05, 4.69) is 33.1 Å². The second kappa shape index (κ2) is 4.58. The molecule has 0 saturated heterocycles. The lowest BCUT2D eigenvalue weighted by Crippen LogP contribution is -2.18. The van der Waals surface area contributed by atoms with E-state index in [4.69, 9.17) is 4.52 Å². The smallest absolute Gasteiger partial charge is 0.223 e. The molecule has 19 heavy (non-hydrogen) atoms. The molecule has 7 heteroatoms. The molecule has 3 aromatic rings. The summed E-state index contributed by atoms with van der Waals surface area (Å²) in [4.78, 5) is 17.1. The molecule has 3 rings (SSSR count). The van der Waals surface area contributed by atoms with Crippen molar-refractivity contribution < 1.29 is 4.52 Å². The van der Waals surface area contributed by atoms with Gasteiger partial charge in [0.05, 0.1) is 11.9 Å². The quantitative estimate of drug-likeness (QED) is 0.730. The largest absolute Gasteiger partial charge is 0.351 e. The van der Waals surface area contributed by atoms with E-state index in [9.17, 15) is 0 Å². The lowest BCUT2D eigenvalue weighted by atomic mass is 10.3. The van der Waals surface area contributed by atoms with Gasteiger partial charge in [-0.1, -0.05) is 5.16 Å². The van der Waals surface area contributed by atoms with E-state index in [1.54, 1.807) is 24.6 Å². The minimum Gasteiger partial charge on any atom is -0.351 e. The molecule has 0 fully saturated rings. The molecule has 98 valence electrons. The van der Waals surface area contributed by atoms with Crippen LogP contribution in [0.15, 0.2) is 16.9 Å². The van der Waals surface area contributed by atoms with Crippen LogP contribution in [0.3, 0.4) is 0 Å². The third-order valence-corrected chi connectivity index (χ3v) is 3.70. The van der Waals surface area contributed by atoms with E-state index in [1.807, 2.05) is 11.9 Å². The lowest BCUT2D eigenvalue weighted by molar-refractivity contribution is 0.387. The number of aryl methyl sites for hydroxylation is 2. The number of hydrogen-bond acceptors (Lipinski definition) is 7. The molecular formula is C12H13N5OS. The first-order valence-electron chi connectivity index (χ1n) is 5.85. The molecule has 0 N–H and O–H groups in total. The third kappa shape index (κ3) is 2.28. The van der Waals surface area contributed by atoms with E-state index in [0.717, 1.165) is 16.0 Å². The lowest BCUT2D eigenvalue weighted by Gasteiger charge is -2.16. The van der Waals surface area contributed by atoms with E-state index in [-0.39, 0.29) is 0 Å². The van der Waals surface area contributed by atoms with Gasteiger partial charge in [-0.15, -0.1) is 11.3 Å². The highest BCUT2D eigenvalue weighted by atomic mass is 32.1. The van der Waals surface area contributed by atoms with Crippen LogP contribution in [0.5, 0.6) is 0 Å². The van der Waals surface area contributed by atoms with E-state index in [0.29, 0.717) is 18.3 Å². The van der Waals surface area contributed by atoms with Crippen molar-refractivity contribution in [3.05, 3.63) is 29.0 Å². The van der Waals surface area contributed by atoms with Gasteiger partial charge in [0.1, 0.15) is 17.0 Å². The normalized spacial score (nSPS) is 11.1. The van der Waals surface area contributed by atoms with Gasteiger partial charge in [-0.05, 0) is 13.0 Å². The molecule has 0 aliphatic heterocycles. The van der Waals surface area contributed by atoms with Crippen molar-refractivity contribution in [2.75, 3.05) is 11.9 Å². The van der Waals surface area contributed by atoms with Crippen LogP contribution in [0, 0.1) is 13.8 Å². The van der Waals surface area contributed by atoms with E-state index < -0.39 is 0 Å². The highest BCUT2D eigenvalue weighted by molar-refractivity contribution is 7.18. The zero-order chi connectivity index (χ0) is 13.4. The van der Waals surface area contributed by atoms with Gasteiger partial charge >= 0.3 is 0 Å². The van der Waals surface area contributed by atoms with Crippen LogP contribution in [0.4, 0.5) is 5.82 Å². The van der Waals surface area contributed by atoms with Crippen molar-refractivity contribution in [2.24, 2.45) is 0 Å². The molecule has 0 radical (unpaired) electrons. The molecule has 6 nitrogen and oxygen atoms in total. The highest BCUT2D eigenvalue weighted by Gasteiger charge is 2.13. The van der Waals surface area contributed by atoms with Crippen molar-refractivity contribution in [1.82, 2.24) is 20.1 Å². The third-order valence-electron chi connectivity index (χ3n) is 2.74. The highest BCUT2D eigenvalue weighted by Crippen LogP contribution is 2.29. The Hall–Kier alpha value is -2.02. The Morgan fingerprint density at radius 2 is 2.16 bits per heavy atom. The minimum absolute atomic E-state index is 0.554. The Bertz CT molecular complexity index is 720. The van der Waals surface area contributed by atoms with E-state index >= 15 is 0 Å². The number of hydrogen-bond donors (Lipinski definition) is 0. The van der Waals surface area contributed by atoms with Gasteiger partial charge < -0.3 is 9.42 Å². The summed E-state index contributed by atoms with van der Waals surface area (Å²) in [5, 5.41) is 4.96. The van der Waals surface area contributed by atoms with Crippen LogP contribution in [-0.2, 0) is 6.54 Å². The van der Waals surface area contributed by atoms with Crippen LogP contribution in [0.25, 0.3) is 10.2 Å². The summed E-state index contributed by atoms with van der Waals surface area (Å²) in [5.41, 5.74) is 0. The van der Waals surface area contributed by atoms with Crippen molar-refractivity contribution >= 4 is 27.4 Å². The number of fused-ring (bicyclic) bond motifs is 1. The van der Waals surface area contributed by atoms with Gasteiger partial charge in [0, 0.05) is 18.8 Å².